The summed E-state index contributed by atoms with van der Waals surface area (Å²) in [5.74, 6) is -0.321. The molecule has 100 valence electrons. The molecule has 5 heteroatoms. The first-order valence-corrected chi connectivity index (χ1v) is 8.15. The molecule has 0 heterocycles. The zero-order chi connectivity index (χ0) is 13.9. The van der Waals surface area contributed by atoms with Gasteiger partial charge in [0.2, 0.25) is 0 Å². The molecule has 0 spiro atoms. The second kappa shape index (κ2) is 5.86. The van der Waals surface area contributed by atoms with Crippen LogP contribution in [0.4, 0.5) is 0 Å². The van der Waals surface area contributed by atoms with Gasteiger partial charge in [0, 0.05) is 4.47 Å². The van der Waals surface area contributed by atoms with Gasteiger partial charge in [0.15, 0.2) is 9.84 Å². The van der Waals surface area contributed by atoms with Crippen LogP contribution >= 0.6 is 15.9 Å². The summed E-state index contributed by atoms with van der Waals surface area (Å²) in [5, 5.41) is 10.0. The third-order valence-electron chi connectivity index (χ3n) is 2.73. The topological polar surface area (TPSA) is 54.4 Å². The Bertz CT molecular complexity index is 636. The first-order valence-electron chi connectivity index (χ1n) is 5.70. The van der Waals surface area contributed by atoms with Gasteiger partial charge in [0.1, 0.15) is 0 Å². The van der Waals surface area contributed by atoms with Crippen molar-refractivity contribution >= 4 is 25.8 Å². The minimum atomic E-state index is -3.48. The van der Waals surface area contributed by atoms with Crippen molar-refractivity contribution in [1.82, 2.24) is 0 Å². The van der Waals surface area contributed by atoms with Crippen molar-refractivity contribution in [2.75, 3.05) is 5.75 Å². The van der Waals surface area contributed by atoms with Gasteiger partial charge in [-0.25, -0.2) is 8.42 Å². The predicted octanol–water partition coefficient (Wildman–Crippen LogP) is 2.96. The zero-order valence-corrected chi connectivity index (χ0v) is 12.4. The molecule has 0 aliphatic rings. The average Bonchev–Trinajstić information content (AvgIpc) is 2.40. The number of hydrogen-bond acceptors (Lipinski definition) is 3. The van der Waals surface area contributed by atoms with E-state index >= 15 is 0 Å². The lowest BCUT2D eigenvalue weighted by atomic mass is 10.1. The first-order chi connectivity index (χ1) is 8.99. The fourth-order valence-electron chi connectivity index (χ4n) is 1.71. The summed E-state index contributed by atoms with van der Waals surface area (Å²) in [6.07, 6.45) is -1.03. The normalized spacial score (nSPS) is 13.2. The van der Waals surface area contributed by atoms with Gasteiger partial charge in [-0.2, -0.15) is 0 Å². The van der Waals surface area contributed by atoms with Gasteiger partial charge in [0.05, 0.1) is 16.8 Å². The highest BCUT2D eigenvalue weighted by molar-refractivity contribution is 9.10. The van der Waals surface area contributed by atoms with Gasteiger partial charge in [-0.3, -0.25) is 0 Å². The molecule has 1 atom stereocenters. The van der Waals surface area contributed by atoms with Gasteiger partial charge in [-0.1, -0.05) is 46.3 Å². The highest BCUT2D eigenvalue weighted by Crippen LogP contribution is 2.21. The van der Waals surface area contributed by atoms with Gasteiger partial charge >= 0.3 is 0 Å². The maximum Gasteiger partial charge on any atom is 0.181 e. The second-order valence-electron chi connectivity index (χ2n) is 4.16. The molecule has 0 radical (unpaired) electrons. The Morgan fingerprint density at radius 3 is 2.16 bits per heavy atom. The van der Waals surface area contributed by atoms with Gasteiger partial charge in [-0.05, 0) is 29.8 Å². The Morgan fingerprint density at radius 1 is 1.00 bits per heavy atom. The summed E-state index contributed by atoms with van der Waals surface area (Å²) in [6, 6.07) is 15.1. The molecule has 19 heavy (non-hydrogen) atoms. The third kappa shape index (κ3) is 3.65. The highest BCUT2D eigenvalue weighted by atomic mass is 79.9. The van der Waals surface area contributed by atoms with Crippen molar-refractivity contribution in [2.45, 2.75) is 11.0 Å². The quantitative estimate of drug-likeness (QED) is 0.930. The van der Waals surface area contributed by atoms with Crippen LogP contribution in [0.2, 0.25) is 0 Å². The van der Waals surface area contributed by atoms with Crippen molar-refractivity contribution in [2.24, 2.45) is 0 Å². The first kappa shape index (κ1) is 14.2. The van der Waals surface area contributed by atoms with Crippen LogP contribution in [0.5, 0.6) is 0 Å². The fourth-order valence-corrected chi connectivity index (χ4v) is 3.35. The molecule has 2 aromatic carbocycles. The summed E-state index contributed by atoms with van der Waals surface area (Å²) < 4.78 is 25.1. The van der Waals surface area contributed by atoms with Crippen LogP contribution < -0.4 is 0 Å². The van der Waals surface area contributed by atoms with E-state index in [1.165, 1.54) is 12.1 Å². The SMILES string of the molecule is O=S(=O)(C[C@H](O)c1ccc(Br)cc1)c1ccccc1. The van der Waals surface area contributed by atoms with Crippen LogP contribution in [0.3, 0.4) is 0 Å². The van der Waals surface area contributed by atoms with Crippen molar-refractivity contribution < 1.29 is 13.5 Å². The van der Waals surface area contributed by atoms with Crippen LogP contribution in [0.15, 0.2) is 64.0 Å². The van der Waals surface area contributed by atoms with E-state index in [0.717, 1.165) is 4.47 Å². The largest absolute Gasteiger partial charge is 0.387 e. The summed E-state index contributed by atoms with van der Waals surface area (Å²) >= 11 is 3.29. The van der Waals surface area contributed by atoms with E-state index in [9.17, 15) is 13.5 Å². The molecule has 0 saturated carbocycles. The molecule has 0 unspecified atom stereocenters. The van der Waals surface area contributed by atoms with Crippen LogP contribution in [0, 0.1) is 0 Å². The number of aliphatic hydroxyl groups is 1. The number of rotatable bonds is 4. The summed E-state index contributed by atoms with van der Waals surface area (Å²) in [5.41, 5.74) is 0.586. The lowest BCUT2D eigenvalue weighted by Crippen LogP contribution is -2.14. The molecule has 2 rings (SSSR count). The number of halogens is 1. The van der Waals surface area contributed by atoms with Crippen LogP contribution in [0.25, 0.3) is 0 Å². The molecular formula is C14H13BrO3S. The van der Waals surface area contributed by atoms with Crippen molar-refractivity contribution in [1.29, 1.82) is 0 Å². The molecule has 0 saturated heterocycles. The molecular weight excluding hydrogens is 328 g/mol. The Hall–Kier alpha value is -1.17. The number of hydrogen-bond donors (Lipinski definition) is 1. The molecule has 0 bridgehead atoms. The number of aliphatic hydroxyl groups excluding tert-OH is 1. The van der Waals surface area contributed by atoms with Crippen LogP contribution in [0.1, 0.15) is 11.7 Å². The standard InChI is InChI=1S/C14H13BrO3S/c15-12-8-6-11(7-9-12)14(16)10-19(17,18)13-4-2-1-3-5-13/h1-9,14,16H,10H2/t14-/m0/s1. The van der Waals surface area contributed by atoms with E-state index < -0.39 is 15.9 Å². The maximum absolute atomic E-state index is 12.1. The van der Waals surface area contributed by atoms with Crippen molar-refractivity contribution in [3.8, 4) is 0 Å². The lowest BCUT2D eigenvalue weighted by molar-refractivity contribution is 0.201. The molecule has 0 aromatic heterocycles. The smallest absolute Gasteiger partial charge is 0.181 e. The number of sulfone groups is 1. The highest BCUT2D eigenvalue weighted by Gasteiger charge is 2.20. The van der Waals surface area contributed by atoms with E-state index in [0.29, 0.717) is 5.56 Å². The predicted molar refractivity (Wildman–Crippen MR) is 77.6 cm³/mol. The fraction of sp³-hybridized carbons (Fsp3) is 0.143. The summed E-state index contributed by atoms with van der Waals surface area (Å²) in [6.45, 7) is 0. The average molecular weight is 341 g/mol. The summed E-state index contributed by atoms with van der Waals surface area (Å²) in [4.78, 5) is 0.228. The van der Waals surface area contributed by atoms with E-state index in [1.54, 1.807) is 42.5 Å². The van der Waals surface area contributed by atoms with Crippen LogP contribution in [-0.4, -0.2) is 19.3 Å². The number of benzene rings is 2. The molecule has 0 fully saturated rings. The minimum absolute atomic E-state index is 0.228. The van der Waals surface area contributed by atoms with Gasteiger partial charge < -0.3 is 5.11 Å². The zero-order valence-electron chi connectivity index (χ0n) is 10.0. The van der Waals surface area contributed by atoms with Crippen molar-refractivity contribution in [3.05, 3.63) is 64.6 Å². The minimum Gasteiger partial charge on any atom is -0.387 e. The van der Waals surface area contributed by atoms with E-state index in [4.69, 9.17) is 0 Å². The van der Waals surface area contributed by atoms with E-state index in [1.807, 2.05) is 0 Å². The second-order valence-corrected chi connectivity index (χ2v) is 7.11. The molecule has 1 N–H and O–H groups in total. The molecule has 0 aliphatic heterocycles. The van der Waals surface area contributed by atoms with Crippen molar-refractivity contribution in [3.63, 3.8) is 0 Å². The molecule has 2 aromatic rings. The molecule has 3 nitrogen and oxygen atoms in total. The van der Waals surface area contributed by atoms with E-state index in [2.05, 4.69) is 15.9 Å². The Labute approximate surface area is 121 Å². The maximum atomic E-state index is 12.1. The molecule has 0 aliphatic carbocycles. The van der Waals surface area contributed by atoms with Gasteiger partial charge in [0.25, 0.3) is 0 Å². The Kier molecular flexibility index (Phi) is 4.39. The Balaban J connectivity index is 2.19. The third-order valence-corrected chi connectivity index (χ3v) is 5.01. The van der Waals surface area contributed by atoms with Gasteiger partial charge in [-0.15, -0.1) is 0 Å². The van der Waals surface area contributed by atoms with E-state index in [-0.39, 0.29) is 10.6 Å². The Morgan fingerprint density at radius 2 is 1.58 bits per heavy atom. The van der Waals surface area contributed by atoms with Crippen LogP contribution in [-0.2, 0) is 9.84 Å². The summed E-state index contributed by atoms with van der Waals surface area (Å²) in [7, 11) is -3.48. The molecule has 0 amide bonds. The lowest BCUT2D eigenvalue weighted by Gasteiger charge is -2.11. The monoisotopic (exact) mass is 340 g/mol.